The van der Waals surface area contributed by atoms with Crippen molar-refractivity contribution >= 4 is 21.7 Å². The second-order valence-electron chi connectivity index (χ2n) is 3.74. The third-order valence-corrected chi connectivity index (χ3v) is 3.29. The molecule has 1 aromatic heterocycles. The molecule has 2 rings (SSSR count). The van der Waals surface area contributed by atoms with Gasteiger partial charge in [0.25, 0.3) is 0 Å². The Morgan fingerprint density at radius 2 is 1.89 bits per heavy atom. The molecule has 0 unspecified atom stereocenters. The zero-order chi connectivity index (χ0) is 13.3. The number of nitrogens with two attached hydrogens (primary N) is 1. The Labute approximate surface area is 114 Å². The highest BCUT2D eigenvalue weighted by Crippen LogP contribution is 2.42. The van der Waals surface area contributed by atoms with Crippen molar-refractivity contribution in [1.82, 2.24) is 9.78 Å². The van der Waals surface area contributed by atoms with Crippen LogP contribution in [0.4, 0.5) is 5.82 Å². The van der Waals surface area contributed by atoms with Gasteiger partial charge in [-0.3, -0.25) is 4.68 Å². The summed E-state index contributed by atoms with van der Waals surface area (Å²) >= 11 is 3.42. The van der Waals surface area contributed by atoms with Gasteiger partial charge in [0.2, 0.25) is 0 Å². The topological polar surface area (TPSA) is 62.3 Å². The van der Waals surface area contributed by atoms with Crippen molar-refractivity contribution in [3.63, 3.8) is 0 Å². The summed E-state index contributed by atoms with van der Waals surface area (Å²) in [6, 6.07) is 5.60. The number of methoxy groups -OCH3 is 2. The molecule has 0 amide bonds. The van der Waals surface area contributed by atoms with Crippen LogP contribution < -0.4 is 15.2 Å². The molecule has 0 bridgehead atoms. The highest BCUT2D eigenvalue weighted by molar-refractivity contribution is 9.10. The molecule has 1 heterocycles. The first kappa shape index (κ1) is 12.8. The van der Waals surface area contributed by atoms with E-state index < -0.39 is 0 Å². The zero-order valence-electron chi connectivity index (χ0n) is 10.4. The lowest BCUT2D eigenvalue weighted by Gasteiger charge is -2.12. The number of hydrogen-bond acceptors (Lipinski definition) is 4. The number of nitrogens with zero attached hydrogens (tertiary/aromatic N) is 2. The number of hydrogen-bond donors (Lipinski definition) is 1. The van der Waals surface area contributed by atoms with Gasteiger partial charge in [0.15, 0.2) is 11.5 Å². The van der Waals surface area contributed by atoms with E-state index in [1.165, 1.54) is 0 Å². The van der Waals surface area contributed by atoms with E-state index in [1.807, 2.05) is 12.1 Å². The second kappa shape index (κ2) is 4.89. The van der Waals surface area contributed by atoms with E-state index in [9.17, 15) is 0 Å². The Hall–Kier alpha value is -1.69. The molecule has 0 fully saturated rings. The molecule has 5 nitrogen and oxygen atoms in total. The van der Waals surface area contributed by atoms with Gasteiger partial charge in [-0.2, -0.15) is 5.10 Å². The Bertz CT molecular complexity index is 561. The van der Waals surface area contributed by atoms with Crippen LogP contribution in [0, 0.1) is 0 Å². The third-order valence-electron chi connectivity index (χ3n) is 2.66. The molecule has 0 saturated heterocycles. The van der Waals surface area contributed by atoms with Crippen molar-refractivity contribution in [3.05, 3.63) is 22.7 Å². The number of nitrogen functional groups attached to an aromatic ring is 1. The lowest BCUT2D eigenvalue weighted by Crippen LogP contribution is -1.97. The van der Waals surface area contributed by atoms with Crippen LogP contribution in [0.5, 0.6) is 11.5 Å². The molecule has 0 aliphatic carbocycles. The van der Waals surface area contributed by atoms with E-state index in [4.69, 9.17) is 15.2 Å². The van der Waals surface area contributed by atoms with E-state index in [-0.39, 0.29) is 0 Å². The van der Waals surface area contributed by atoms with E-state index in [2.05, 4.69) is 21.0 Å². The Balaban J connectivity index is 2.64. The number of aryl methyl sites for hydroxylation is 1. The van der Waals surface area contributed by atoms with Crippen LogP contribution in [0.2, 0.25) is 0 Å². The average Bonchev–Trinajstić information content (AvgIpc) is 2.68. The first-order valence-electron chi connectivity index (χ1n) is 5.28. The first-order chi connectivity index (χ1) is 8.58. The predicted molar refractivity (Wildman–Crippen MR) is 73.9 cm³/mol. The highest BCUT2D eigenvalue weighted by atomic mass is 79.9. The van der Waals surface area contributed by atoms with Gasteiger partial charge in [-0.1, -0.05) is 0 Å². The molecule has 0 radical (unpaired) electrons. The maximum Gasteiger partial charge on any atom is 0.175 e. The van der Waals surface area contributed by atoms with E-state index in [1.54, 1.807) is 32.0 Å². The maximum absolute atomic E-state index is 5.79. The summed E-state index contributed by atoms with van der Waals surface area (Å²) in [7, 11) is 4.99. The molecule has 2 aromatic rings. The molecular weight excluding hydrogens is 298 g/mol. The fourth-order valence-electron chi connectivity index (χ4n) is 1.75. The van der Waals surface area contributed by atoms with Gasteiger partial charge in [0, 0.05) is 18.7 Å². The molecular formula is C12H14BrN3O2. The molecule has 1 aromatic carbocycles. The molecule has 6 heteroatoms. The normalized spacial score (nSPS) is 10.4. The summed E-state index contributed by atoms with van der Waals surface area (Å²) in [5.41, 5.74) is 7.37. The highest BCUT2D eigenvalue weighted by Gasteiger charge is 2.17. The Morgan fingerprint density at radius 3 is 2.39 bits per heavy atom. The average molecular weight is 312 g/mol. The summed E-state index contributed by atoms with van der Waals surface area (Å²) in [6.07, 6.45) is 0. The van der Waals surface area contributed by atoms with Crippen molar-refractivity contribution in [2.45, 2.75) is 0 Å². The van der Waals surface area contributed by atoms with Gasteiger partial charge in [0.05, 0.1) is 24.4 Å². The maximum atomic E-state index is 5.79. The van der Waals surface area contributed by atoms with E-state index >= 15 is 0 Å². The summed E-state index contributed by atoms with van der Waals surface area (Å²) < 4.78 is 13.2. The minimum absolute atomic E-state index is 0.592. The monoisotopic (exact) mass is 311 g/mol. The lowest BCUT2D eigenvalue weighted by atomic mass is 10.1. The van der Waals surface area contributed by atoms with Crippen LogP contribution in [0.3, 0.4) is 0 Å². The van der Waals surface area contributed by atoms with Crippen molar-refractivity contribution in [1.29, 1.82) is 0 Å². The first-order valence-corrected chi connectivity index (χ1v) is 6.08. The van der Waals surface area contributed by atoms with Gasteiger partial charge in [-0.05, 0) is 28.1 Å². The predicted octanol–water partition coefficient (Wildman–Crippen LogP) is 2.45. The van der Waals surface area contributed by atoms with Crippen molar-refractivity contribution < 1.29 is 9.47 Å². The molecule has 0 aliphatic rings. The van der Waals surface area contributed by atoms with Crippen molar-refractivity contribution in [3.8, 4) is 22.8 Å². The van der Waals surface area contributed by atoms with Crippen LogP contribution in [0.15, 0.2) is 22.7 Å². The second-order valence-corrected chi connectivity index (χ2v) is 4.59. The fraction of sp³-hybridized carbons (Fsp3) is 0.250. The van der Waals surface area contributed by atoms with Crippen LogP contribution >= 0.6 is 15.9 Å². The van der Waals surface area contributed by atoms with Crippen LogP contribution in [-0.2, 0) is 7.05 Å². The van der Waals surface area contributed by atoms with Gasteiger partial charge in [-0.15, -0.1) is 0 Å². The number of halogens is 1. The van der Waals surface area contributed by atoms with Crippen molar-refractivity contribution in [2.24, 2.45) is 7.05 Å². The minimum atomic E-state index is 0.592. The number of benzene rings is 1. The zero-order valence-corrected chi connectivity index (χ0v) is 12.0. The van der Waals surface area contributed by atoms with Gasteiger partial charge >= 0.3 is 0 Å². The third kappa shape index (κ3) is 2.03. The number of aromatic nitrogens is 2. The molecule has 0 atom stereocenters. The number of ether oxygens (including phenoxy) is 2. The Kier molecular flexibility index (Phi) is 3.47. The molecule has 0 spiro atoms. The van der Waals surface area contributed by atoms with Gasteiger partial charge in [-0.25, -0.2) is 0 Å². The molecule has 2 N–H and O–H groups in total. The van der Waals surface area contributed by atoms with E-state index in [0.717, 1.165) is 15.7 Å². The smallest absolute Gasteiger partial charge is 0.175 e. The molecule has 0 saturated carbocycles. The largest absolute Gasteiger partial charge is 0.492 e. The quantitative estimate of drug-likeness (QED) is 0.945. The lowest BCUT2D eigenvalue weighted by molar-refractivity contribution is 0.354. The SMILES string of the molecule is COc1c(Br)ccc(-c2cc(N)n(C)n2)c1OC. The van der Waals surface area contributed by atoms with Crippen LogP contribution in [-0.4, -0.2) is 24.0 Å². The standard InChI is InChI=1S/C12H14BrN3O2/c1-16-10(14)6-9(15-16)7-4-5-8(13)12(18-3)11(7)17-2/h4-6H,14H2,1-3H3. The fourth-order valence-corrected chi connectivity index (χ4v) is 2.22. The summed E-state index contributed by atoms with van der Waals surface area (Å²) in [4.78, 5) is 0. The minimum Gasteiger partial charge on any atom is -0.492 e. The van der Waals surface area contributed by atoms with Crippen molar-refractivity contribution in [2.75, 3.05) is 20.0 Å². The molecule has 18 heavy (non-hydrogen) atoms. The summed E-state index contributed by atoms with van der Waals surface area (Å²) in [5.74, 6) is 1.86. The van der Waals surface area contributed by atoms with Crippen LogP contribution in [0.1, 0.15) is 0 Å². The Morgan fingerprint density at radius 1 is 1.22 bits per heavy atom. The summed E-state index contributed by atoms with van der Waals surface area (Å²) in [5, 5.41) is 4.33. The van der Waals surface area contributed by atoms with Gasteiger partial charge in [0.1, 0.15) is 5.82 Å². The van der Waals surface area contributed by atoms with Crippen LogP contribution in [0.25, 0.3) is 11.3 Å². The molecule has 0 aliphatic heterocycles. The van der Waals surface area contributed by atoms with Gasteiger partial charge < -0.3 is 15.2 Å². The molecule has 96 valence electrons. The number of anilines is 1. The number of rotatable bonds is 3. The summed E-state index contributed by atoms with van der Waals surface area (Å²) in [6.45, 7) is 0. The van der Waals surface area contributed by atoms with E-state index in [0.29, 0.717) is 17.3 Å².